The number of nitrogens with zero attached hydrogens (tertiary/aromatic N) is 1. The van der Waals surface area contributed by atoms with Crippen molar-refractivity contribution < 1.29 is 13.2 Å². The van der Waals surface area contributed by atoms with Crippen LogP contribution in [0.3, 0.4) is 0 Å². The van der Waals surface area contributed by atoms with E-state index in [1.165, 1.54) is 13.3 Å². The molecule has 0 aromatic carbocycles. The Labute approximate surface area is 104 Å². The number of amides is 1. The van der Waals surface area contributed by atoms with Gasteiger partial charge in [0.2, 0.25) is 5.91 Å². The first-order chi connectivity index (χ1) is 7.90. The summed E-state index contributed by atoms with van der Waals surface area (Å²) in [5.74, 6) is -0.225. The maximum Gasteiger partial charge on any atom is 0.240 e. The average Bonchev–Trinajstić information content (AvgIpc) is 2.37. The van der Waals surface area contributed by atoms with E-state index in [1.54, 1.807) is 18.9 Å². The van der Waals surface area contributed by atoms with Crippen LogP contribution in [0, 0.1) is 0 Å². The Morgan fingerprint density at radius 3 is 2.29 bits per heavy atom. The minimum atomic E-state index is -3.27. The molecule has 1 rings (SSSR count). The third-order valence-corrected chi connectivity index (χ3v) is 5.84. The van der Waals surface area contributed by atoms with Crippen molar-refractivity contribution in [2.45, 2.75) is 57.2 Å². The van der Waals surface area contributed by atoms with Crippen LogP contribution < -0.4 is 0 Å². The Hall–Kier alpha value is -0.580. The van der Waals surface area contributed by atoms with Gasteiger partial charge in [-0.1, -0.05) is 26.2 Å². The van der Waals surface area contributed by atoms with E-state index in [0.717, 1.165) is 25.7 Å². The molecule has 0 aromatic heterocycles. The molecule has 17 heavy (non-hydrogen) atoms. The molecule has 4 nitrogen and oxygen atoms in total. The van der Waals surface area contributed by atoms with Crippen LogP contribution in [0.2, 0.25) is 0 Å². The molecular formula is C12H23NO3S. The van der Waals surface area contributed by atoms with E-state index in [1.807, 2.05) is 0 Å². The summed E-state index contributed by atoms with van der Waals surface area (Å²) in [6.07, 6.45) is 5.50. The molecule has 1 fully saturated rings. The quantitative estimate of drug-likeness (QED) is 0.772. The van der Waals surface area contributed by atoms with E-state index >= 15 is 0 Å². The SMILES string of the molecule is CCS(=O)(=O)C(C)C(=O)N(C)C1CCCCC1. The van der Waals surface area contributed by atoms with Gasteiger partial charge >= 0.3 is 0 Å². The molecule has 1 aliphatic rings. The summed E-state index contributed by atoms with van der Waals surface area (Å²) in [6.45, 7) is 3.08. The number of carbonyl (C=O) groups is 1. The van der Waals surface area contributed by atoms with Crippen molar-refractivity contribution in [3.8, 4) is 0 Å². The largest absolute Gasteiger partial charge is 0.342 e. The highest BCUT2D eigenvalue weighted by molar-refractivity contribution is 7.92. The van der Waals surface area contributed by atoms with E-state index < -0.39 is 15.1 Å². The summed E-state index contributed by atoms with van der Waals surface area (Å²) in [4.78, 5) is 13.7. The number of rotatable bonds is 4. The van der Waals surface area contributed by atoms with Gasteiger partial charge in [-0.25, -0.2) is 8.42 Å². The van der Waals surface area contributed by atoms with Gasteiger partial charge in [0.1, 0.15) is 5.25 Å². The van der Waals surface area contributed by atoms with Gasteiger partial charge in [-0.15, -0.1) is 0 Å². The molecule has 0 aromatic rings. The Morgan fingerprint density at radius 2 is 1.82 bits per heavy atom. The van der Waals surface area contributed by atoms with Gasteiger partial charge in [0, 0.05) is 18.8 Å². The maximum absolute atomic E-state index is 12.1. The fourth-order valence-corrected chi connectivity index (χ4v) is 3.31. The zero-order chi connectivity index (χ0) is 13.1. The van der Waals surface area contributed by atoms with Gasteiger partial charge in [-0.3, -0.25) is 4.79 Å². The Kier molecular flexibility index (Phi) is 4.98. The number of hydrogen-bond acceptors (Lipinski definition) is 3. The fraction of sp³-hybridized carbons (Fsp3) is 0.917. The van der Waals surface area contributed by atoms with Gasteiger partial charge in [0.15, 0.2) is 9.84 Å². The van der Waals surface area contributed by atoms with E-state index in [4.69, 9.17) is 0 Å². The smallest absolute Gasteiger partial charge is 0.240 e. The van der Waals surface area contributed by atoms with Gasteiger partial charge < -0.3 is 4.90 Å². The lowest BCUT2D eigenvalue weighted by Gasteiger charge is -2.32. The summed E-state index contributed by atoms with van der Waals surface area (Å²) in [6, 6.07) is 0.228. The topological polar surface area (TPSA) is 54.5 Å². The molecule has 0 radical (unpaired) electrons. The molecule has 1 saturated carbocycles. The van der Waals surface area contributed by atoms with E-state index in [9.17, 15) is 13.2 Å². The second-order valence-corrected chi connectivity index (χ2v) is 7.44. The molecule has 1 unspecified atom stereocenters. The normalized spacial score (nSPS) is 19.9. The first-order valence-corrected chi connectivity index (χ1v) is 8.10. The minimum absolute atomic E-state index is 0.0262. The van der Waals surface area contributed by atoms with Crippen LogP contribution in [0.1, 0.15) is 46.0 Å². The monoisotopic (exact) mass is 261 g/mol. The van der Waals surface area contributed by atoms with Gasteiger partial charge in [-0.2, -0.15) is 0 Å². The molecule has 0 N–H and O–H groups in total. The Morgan fingerprint density at radius 1 is 1.29 bits per heavy atom. The molecule has 0 bridgehead atoms. The van der Waals surface area contributed by atoms with Gasteiger partial charge in [0.05, 0.1) is 0 Å². The summed E-state index contributed by atoms with van der Waals surface area (Å²) >= 11 is 0. The van der Waals surface area contributed by atoms with E-state index in [2.05, 4.69) is 0 Å². The van der Waals surface area contributed by atoms with Crippen molar-refractivity contribution in [3.63, 3.8) is 0 Å². The van der Waals surface area contributed by atoms with E-state index in [0.29, 0.717) is 0 Å². The molecule has 1 atom stereocenters. The van der Waals surface area contributed by atoms with E-state index in [-0.39, 0.29) is 17.7 Å². The van der Waals surface area contributed by atoms with Crippen molar-refractivity contribution >= 4 is 15.7 Å². The lowest BCUT2D eigenvalue weighted by molar-refractivity contribution is -0.131. The van der Waals surface area contributed by atoms with Crippen molar-refractivity contribution in [1.82, 2.24) is 4.90 Å². The predicted octanol–water partition coefficient (Wildman–Crippen LogP) is 1.60. The first kappa shape index (κ1) is 14.5. The predicted molar refractivity (Wildman–Crippen MR) is 68.6 cm³/mol. The highest BCUT2D eigenvalue weighted by Crippen LogP contribution is 2.22. The molecule has 0 saturated heterocycles. The van der Waals surface area contributed by atoms with Crippen LogP contribution in [0.5, 0.6) is 0 Å². The third-order valence-electron chi connectivity index (χ3n) is 3.76. The van der Waals surface area contributed by atoms with Gasteiger partial charge in [-0.05, 0) is 19.8 Å². The minimum Gasteiger partial charge on any atom is -0.342 e. The molecule has 1 aliphatic carbocycles. The molecule has 1 amide bonds. The average molecular weight is 261 g/mol. The molecule has 100 valence electrons. The molecule has 0 heterocycles. The standard InChI is InChI=1S/C12H23NO3S/c1-4-17(15,16)10(2)12(14)13(3)11-8-6-5-7-9-11/h10-11H,4-9H2,1-3H3. The second kappa shape index (κ2) is 5.85. The Bertz CT molecular complexity index is 358. The van der Waals surface area contributed by atoms with Crippen molar-refractivity contribution in [1.29, 1.82) is 0 Å². The lowest BCUT2D eigenvalue weighted by Crippen LogP contribution is -2.45. The van der Waals surface area contributed by atoms with Crippen LogP contribution in [-0.4, -0.2) is 43.3 Å². The number of hydrogen-bond donors (Lipinski definition) is 0. The number of sulfone groups is 1. The van der Waals surface area contributed by atoms with Crippen LogP contribution in [0.4, 0.5) is 0 Å². The molecule has 5 heteroatoms. The first-order valence-electron chi connectivity index (χ1n) is 6.38. The third kappa shape index (κ3) is 3.44. The summed E-state index contributed by atoms with van der Waals surface area (Å²) in [5, 5.41) is -0.903. The zero-order valence-corrected chi connectivity index (χ0v) is 11.8. The summed E-state index contributed by atoms with van der Waals surface area (Å²) in [5.41, 5.74) is 0. The molecule has 0 spiro atoms. The number of carbonyl (C=O) groups excluding carboxylic acids is 1. The van der Waals surface area contributed by atoms with Crippen LogP contribution in [0.25, 0.3) is 0 Å². The van der Waals surface area contributed by atoms with Crippen LogP contribution in [0.15, 0.2) is 0 Å². The van der Waals surface area contributed by atoms with Crippen molar-refractivity contribution in [3.05, 3.63) is 0 Å². The Balaban J connectivity index is 2.68. The van der Waals surface area contributed by atoms with Crippen molar-refractivity contribution in [2.24, 2.45) is 0 Å². The summed E-state index contributed by atoms with van der Waals surface area (Å²) in [7, 11) is -1.54. The lowest BCUT2D eigenvalue weighted by atomic mass is 9.94. The van der Waals surface area contributed by atoms with Crippen molar-refractivity contribution in [2.75, 3.05) is 12.8 Å². The van der Waals surface area contributed by atoms with Crippen LogP contribution >= 0.6 is 0 Å². The molecule has 0 aliphatic heterocycles. The summed E-state index contributed by atoms with van der Waals surface area (Å²) < 4.78 is 23.4. The van der Waals surface area contributed by atoms with Crippen LogP contribution in [-0.2, 0) is 14.6 Å². The maximum atomic E-state index is 12.1. The highest BCUT2D eigenvalue weighted by atomic mass is 32.2. The van der Waals surface area contributed by atoms with Gasteiger partial charge in [0.25, 0.3) is 0 Å². The molecular weight excluding hydrogens is 238 g/mol. The zero-order valence-electron chi connectivity index (χ0n) is 11.0. The fourth-order valence-electron chi connectivity index (χ4n) is 2.34. The second-order valence-electron chi connectivity index (χ2n) is 4.83. The highest BCUT2D eigenvalue weighted by Gasteiger charge is 2.32.